The van der Waals surface area contributed by atoms with Crippen molar-refractivity contribution >= 4 is 14.6 Å². The number of hydrogen-bond acceptors (Lipinski definition) is 5. The van der Waals surface area contributed by atoms with Gasteiger partial charge in [0.2, 0.25) is 0 Å². The minimum atomic E-state index is -2.33. The molecule has 1 atom stereocenters. The summed E-state index contributed by atoms with van der Waals surface area (Å²) < 4.78 is 4.40. The molecule has 0 aromatic rings. The molecule has 0 spiro atoms. The summed E-state index contributed by atoms with van der Waals surface area (Å²) in [6.45, 7) is 0.111. The van der Waals surface area contributed by atoms with Crippen LogP contribution in [0.15, 0.2) is 0 Å². The Morgan fingerprint density at radius 1 is 1.58 bits per heavy atom. The van der Waals surface area contributed by atoms with Crippen molar-refractivity contribution in [2.75, 3.05) is 6.61 Å². The summed E-state index contributed by atoms with van der Waals surface area (Å²) in [6, 6.07) is -0.905. The molecule has 0 saturated heterocycles. The zero-order chi connectivity index (χ0) is 9.56. The van der Waals surface area contributed by atoms with E-state index in [0.29, 0.717) is 6.42 Å². The second kappa shape index (κ2) is 6.28. The second-order valence-electron chi connectivity index (χ2n) is 2.17. The van der Waals surface area contributed by atoms with Crippen molar-refractivity contribution < 1.29 is 24.2 Å². The molecule has 0 aliphatic carbocycles. The Morgan fingerprint density at radius 3 is 2.58 bits per heavy atom. The molecule has 0 bridgehead atoms. The Bertz CT molecular complexity index is 142. The zero-order valence-electron chi connectivity index (χ0n) is 6.38. The van der Waals surface area contributed by atoms with E-state index >= 15 is 0 Å². The van der Waals surface area contributed by atoms with Gasteiger partial charge in [0.05, 0.1) is 6.61 Å². The monoisotopic (exact) mass is 197 g/mol. The molecule has 12 heavy (non-hydrogen) atoms. The molecule has 0 amide bonds. The lowest BCUT2D eigenvalue weighted by atomic mass is 10.2. The minimum Gasteiger partial charge on any atom is -0.480 e. The molecule has 0 saturated carbocycles. The normalized spacial score (nSPS) is 13.3. The number of nitrogens with two attached hydrogens (primary N) is 1. The molecule has 7 heteroatoms. The first kappa shape index (κ1) is 11.7. The third-order valence-corrected chi connectivity index (χ3v) is 1.60. The number of carboxylic acid groups (broad SMARTS) is 1. The molecule has 0 rings (SSSR count). The quantitative estimate of drug-likeness (QED) is 0.334. The van der Waals surface area contributed by atoms with Gasteiger partial charge >= 0.3 is 14.6 Å². The van der Waals surface area contributed by atoms with Gasteiger partial charge in [0.15, 0.2) is 0 Å². The van der Waals surface area contributed by atoms with Gasteiger partial charge in [-0.2, -0.15) is 0 Å². The fourth-order valence-corrected chi connectivity index (χ4v) is 0.865. The van der Waals surface area contributed by atoms with E-state index in [-0.39, 0.29) is 13.0 Å². The summed E-state index contributed by atoms with van der Waals surface area (Å²) in [5.74, 6) is -1.06. The van der Waals surface area contributed by atoms with E-state index in [2.05, 4.69) is 4.52 Å². The van der Waals surface area contributed by atoms with Crippen LogP contribution in [0.25, 0.3) is 0 Å². The first-order valence-electron chi connectivity index (χ1n) is 3.33. The maximum atomic E-state index is 10.2. The average molecular weight is 197 g/mol. The van der Waals surface area contributed by atoms with E-state index in [1.165, 1.54) is 0 Å². The van der Waals surface area contributed by atoms with Crippen molar-refractivity contribution in [2.45, 2.75) is 18.9 Å². The SMILES string of the molecule is N[C@H](CCCOP(O)O)C(=O)O. The van der Waals surface area contributed by atoms with E-state index < -0.39 is 20.6 Å². The molecular formula is C5H12NO5P. The van der Waals surface area contributed by atoms with Crippen LogP contribution < -0.4 is 5.73 Å². The third-order valence-electron chi connectivity index (χ3n) is 1.18. The van der Waals surface area contributed by atoms with Crippen LogP contribution in [0.5, 0.6) is 0 Å². The smallest absolute Gasteiger partial charge is 0.327 e. The summed E-state index contributed by atoms with van der Waals surface area (Å²) >= 11 is 0. The zero-order valence-corrected chi connectivity index (χ0v) is 7.28. The van der Waals surface area contributed by atoms with Gasteiger partial charge in [-0.05, 0) is 12.8 Å². The van der Waals surface area contributed by atoms with Gasteiger partial charge in [-0.1, -0.05) is 0 Å². The van der Waals surface area contributed by atoms with Crippen molar-refractivity contribution in [3.8, 4) is 0 Å². The Kier molecular flexibility index (Phi) is 6.14. The van der Waals surface area contributed by atoms with E-state index in [4.69, 9.17) is 20.6 Å². The van der Waals surface area contributed by atoms with Gasteiger partial charge < -0.3 is 25.2 Å². The molecule has 0 aliphatic heterocycles. The molecule has 5 N–H and O–H groups in total. The number of rotatable bonds is 6. The Labute approximate surface area is 71.0 Å². The maximum Gasteiger partial charge on any atom is 0.327 e. The van der Waals surface area contributed by atoms with Crippen molar-refractivity contribution in [1.29, 1.82) is 0 Å². The lowest BCUT2D eigenvalue weighted by Crippen LogP contribution is -2.30. The highest BCUT2D eigenvalue weighted by Crippen LogP contribution is 2.24. The number of hydrogen-bond donors (Lipinski definition) is 4. The van der Waals surface area contributed by atoms with Crippen LogP contribution in [-0.2, 0) is 9.32 Å². The lowest BCUT2D eigenvalue weighted by molar-refractivity contribution is -0.138. The molecular weight excluding hydrogens is 185 g/mol. The maximum absolute atomic E-state index is 10.2. The van der Waals surface area contributed by atoms with Crippen LogP contribution in [0.4, 0.5) is 0 Å². The molecule has 0 unspecified atom stereocenters. The van der Waals surface area contributed by atoms with Gasteiger partial charge in [0.25, 0.3) is 0 Å². The first-order valence-corrected chi connectivity index (χ1v) is 4.49. The molecule has 72 valence electrons. The van der Waals surface area contributed by atoms with Crippen LogP contribution in [0, 0.1) is 0 Å². The fraction of sp³-hybridized carbons (Fsp3) is 0.800. The second-order valence-corrected chi connectivity index (χ2v) is 2.94. The minimum absolute atomic E-state index is 0.111. The lowest BCUT2D eigenvalue weighted by Gasteiger charge is -2.06. The summed E-state index contributed by atoms with van der Waals surface area (Å²) in [4.78, 5) is 26.7. The van der Waals surface area contributed by atoms with Crippen molar-refractivity contribution in [3.63, 3.8) is 0 Å². The average Bonchev–Trinajstić information content (AvgIpc) is 1.97. The van der Waals surface area contributed by atoms with E-state index in [0.717, 1.165) is 0 Å². The van der Waals surface area contributed by atoms with Gasteiger partial charge in [-0.15, -0.1) is 0 Å². The first-order chi connectivity index (χ1) is 5.54. The summed E-state index contributed by atoms with van der Waals surface area (Å²) in [7, 11) is -2.33. The van der Waals surface area contributed by atoms with Crippen molar-refractivity contribution in [3.05, 3.63) is 0 Å². The van der Waals surface area contributed by atoms with Crippen molar-refractivity contribution in [1.82, 2.24) is 0 Å². The van der Waals surface area contributed by atoms with Crippen LogP contribution in [0.1, 0.15) is 12.8 Å². The van der Waals surface area contributed by atoms with Crippen LogP contribution in [0.2, 0.25) is 0 Å². The molecule has 0 aromatic heterocycles. The van der Waals surface area contributed by atoms with Gasteiger partial charge in [0.1, 0.15) is 6.04 Å². The van der Waals surface area contributed by atoms with Crippen LogP contribution in [-0.4, -0.2) is 33.5 Å². The molecule has 0 fully saturated rings. The van der Waals surface area contributed by atoms with E-state index in [1.54, 1.807) is 0 Å². The Morgan fingerprint density at radius 2 is 2.17 bits per heavy atom. The van der Waals surface area contributed by atoms with Gasteiger partial charge in [-0.25, -0.2) is 0 Å². The highest BCUT2D eigenvalue weighted by atomic mass is 31.2. The third kappa shape index (κ3) is 6.45. The summed E-state index contributed by atoms with van der Waals surface area (Å²) in [5.41, 5.74) is 5.16. The number of carbonyl (C=O) groups is 1. The molecule has 6 nitrogen and oxygen atoms in total. The summed E-state index contributed by atoms with van der Waals surface area (Å²) in [5, 5.41) is 8.33. The van der Waals surface area contributed by atoms with E-state index in [9.17, 15) is 4.79 Å². The topological polar surface area (TPSA) is 113 Å². The molecule has 0 heterocycles. The molecule has 0 radical (unpaired) electrons. The standard InChI is InChI=1S/C5H12NO5P/c6-4(5(7)8)2-1-3-11-12(9)10/h4,9-10H,1-3,6H2,(H,7,8)/t4-/m1/s1. The Hall–Kier alpha value is -0.260. The van der Waals surface area contributed by atoms with E-state index in [1.807, 2.05) is 0 Å². The predicted molar refractivity (Wildman–Crippen MR) is 42.2 cm³/mol. The highest BCUT2D eigenvalue weighted by Gasteiger charge is 2.10. The van der Waals surface area contributed by atoms with Crippen LogP contribution >= 0.6 is 8.60 Å². The number of aliphatic carboxylic acids is 1. The largest absolute Gasteiger partial charge is 0.480 e. The fourth-order valence-electron chi connectivity index (χ4n) is 0.573. The highest BCUT2D eigenvalue weighted by molar-refractivity contribution is 7.39. The summed E-state index contributed by atoms with van der Waals surface area (Å²) in [6.07, 6.45) is 0.659. The molecule has 0 aromatic carbocycles. The molecule has 0 aliphatic rings. The number of carboxylic acids is 1. The van der Waals surface area contributed by atoms with Crippen LogP contribution in [0.3, 0.4) is 0 Å². The van der Waals surface area contributed by atoms with Crippen molar-refractivity contribution in [2.24, 2.45) is 5.73 Å². The van der Waals surface area contributed by atoms with Gasteiger partial charge in [-0.3, -0.25) is 4.79 Å². The predicted octanol–water partition coefficient (Wildman–Crippen LogP) is -0.593. The Balaban J connectivity index is 3.25. The van der Waals surface area contributed by atoms with Gasteiger partial charge in [0, 0.05) is 0 Å².